The van der Waals surface area contributed by atoms with E-state index in [-0.39, 0.29) is 46.7 Å². The minimum Gasteiger partial charge on any atom is -0.507 e. The molecule has 48 heavy (non-hydrogen) atoms. The molecular formula is C44H56O4. The molecule has 8 bridgehead atoms. The highest BCUT2D eigenvalue weighted by Crippen LogP contribution is 2.42. The van der Waals surface area contributed by atoms with E-state index in [0.29, 0.717) is 25.7 Å². The molecule has 0 fully saturated rings. The number of hydrogen-bond acceptors (Lipinski definition) is 4. The summed E-state index contributed by atoms with van der Waals surface area (Å²) in [5, 5.41) is 47.5. The van der Waals surface area contributed by atoms with Gasteiger partial charge in [-0.2, -0.15) is 0 Å². The van der Waals surface area contributed by atoms with E-state index in [1.807, 2.05) is 0 Å². The van der Waals surface area contributed by atoms with Crippen LogP contribution in [0.3, 0.4) is 0 Å². The number of aromatic hydroxyl groups is 4. The first-order valence-corrected chi connectivity index (χ1v) is 18.3. The molecule has 256 valence electrons. The summed E-state index contributed by atoms with van der Waals surface area (Å²) < 4.78 is 0. The lowest BCUT2D eigenvalue weighted by Gasteiger charge is -2.22. The first-order chi connectivity index (χ1) is 22.9. The zero-order valence-electron chi connectivity index (χ0n) is 30.4. The van der Waals surface area contributed by atoms with E-state index in [1.54, 1.807) is 0 Å². The molecule has 5 rings (SSSR count). The number of phenols is 4. The SMILES string of the molecule is CC[C@@H](C)c1cc2c(O)c(c1)Cc1cc([C@@H](C)CC)cc(c1O)Cc1cc([C@H](C)CC)cc(c1O)Cc1cc([C@@H](C)CC)cc(c1O)C2. The Hall–Kier alpha value is -3.92. The molecule has 4 nitrogen and oxygen atoms in total. The van der Waals surface area contributed by atoms with Crippen molar-refractivity contribution in [2.24, 2.45) is 0 Å². The standard InChI is InChI=1S/C44H56O4/c1-9-25(5)29-13-33-21-35-15-30(26(6)10-2)17-37(42(35)46)23-39-19-32(28(8)12-4)20-40(44(39)48)24-38-18-31(27(7)11-3)16-36(43(38)47)22-34(14-29)41(33)45/h13-20,25-28,45-48H,9-12,21-24H2,1-8H3/t25-,26+,27+,28-. The van der Waals surface area contributed by atoms with Crippen molar-refractivity contribution in [2.75, 3.05) is 0 Å². The Kier molecular flexibility index (Phi) is 10.8. The molecule has 0 saturated heterocycles. The maximum absolute atomic E-state index is 11.9. The van der Waals surface area contributed by atoms with E-state index in [1.165, 1.54) is 0 Å². The molecule has 0 amide bonds. The van der Waals surface area contributed by atoms with Gasteiger partial charge in [0.1, 0.15) is 23.0 Å². The second-order valence-corrected chi connectivity index (χ2v) is 14.7. The molecule has 0 aromatic heterocycles. The Bertz CT molecular complexity index is 1430. The third-order valence-electron chi connectivity index (χ3n) is 11.4. The van der Waals surface area contributed by atoms with Gasteiger partial charge in [0.15, 0.2) is 0 Å². The molecule has 1 aliphatic carbocycles. The lowest BCUT2D eigenvalue weighted by Crippen LogP contribution is -2.06. The molecule has 4 aromatic rings. The molecule has 0 aliphatic heterocycles. The fourth-order valence-electron chi connectivity index (χ4n) is 7.13. The molecule has 4 N–H and O–H groups in total. The number of benzene rings is 4. The smallest absolute Gasteiger partial charge is 0.122 e. The molecule has 4 aromatic carbocycles. The maximum atomic E-state index is 11.9. The first-order valence-electron chi connectivity index (χ1n) is 18.3. The van der Waals surface area contributed by atoms with Gasteiger partial charge in [0.05, 0.1) is 0 Å². The van der Waals surface area contributed by atoms with Crippen molar-refractivity contribution in [3.63, 3.8) is 0 Å². The summed E-state index contributed by atoms with van der Waals surface area (Å²) in [5.74, 6) is 2.03. The second-order valence-electron chi connectivity index (χ2n) is 14.7. The Morgan fingerprint density at radius 3 is 0.625 bits per heavy atom. The number of fused-ring (bicyclic) bond motifs is 8. The van der Waals surface area contributed by atoms with Crippen molar-refractivity contribution >= 4 is 0 Å². The third kappa shape index (κ3) is 7.09. The summed E-state index contributed by atoms with van der Waals surface area (Å²) in [6.07, 6.45) is 5.34. The minimum atomic E-state index is 0.222. The summed E-state index contributed by atoms with van der Waals surface area (Å²) in [6.45, 7) is 17.5. The molecule has 0 spiro atoms. The average Bonchev–Trinajstić information content (AvgIpc) is 3.08. The molecule has 0 heterocycles. The Balaban J connectivity index is 1.84. The fraction of sp³-hybridized carbons (Fsp3) is 0.455. The predicted molar refractivity (Wildman–Crippen MR) is 198 cm³/mol. The van der Waals surface area contributed by atoms with Crippen LogP contribution in [0.5, 0.6) is 23.0 Å². The summed E-state index contributed by atoms with van der Waals surface area (Å²) in [4.78, 5) is 0. The third-order valence-corrected chi connectivity index (χ3v) is 11.4. The van der Waals surface area contributed by atoms with Gasteiger partial charge < -0.3 is 20.4 Å². The van der Waals surface area contributed by atoms with Gasteiger partial charge in [0, 0.05) is 25.7 Å². The molecule has 0 saturated carbocycles. The molecular weight excluding hydrogens is 592 g/mol. The maximum Gasteiger partial charge on any atom is 0.122 e. The Labute approximate surface area is 288 Å². The van der Waals surface area contributed by atoms with Crippen LogP contribution < -0.4 is 0 Å². The van der Waals surface area contributed by atoms with Crippen LogP contribution in [0.2, 0.25) is 0 Å². The topological polar surface area (TPSA) is 80.9 Å². The molecule has 4 heteroatoms. The van der Waals surface area contributed by atoms with E-state index >= 15 is 0 Å². The Morgan fingerprint density at radius 1 is 0.354 bits per heavy atom. The van der Waals surface area contributed by atoms with Gasteiger partial charge in [-0.3, -0.25) is 0 Å². The number of rotatable bonds is 8. The van der Waals surface area contributed by atoms with Crippen LogP contribution in [0.25, 0.3) is 0 Å². The summed E-state index contributed by atoms with van der Waals surface area (Å²) in [5.41, 5.74) is 10.8. The number of hydrogen-bond donors (Lipinski definition) is 4. The lowest BCUT2D eigenvalue weighted by molar-refractivity contribution is 0.449. The van der Waals surface area contributed by atoms with Gasteiger partial charge in [0.25, 0.3) is 0 Å². The zero-order chi connectivity index (χ0) is 34.9. The van der Waals surface area contributed by atoms with Crippen molar-refractivity contribution < 1.29 is 20.4 Å². The van der Waals surface area contributed by atoms with Gasteiger partial charge in [-0.05, 0) is 116 Å². The highest BCUT2D eigenvalue weighted by Gasteiger charge is 2.24. The highest BCUT2D eigenvalue weighted by atomic mass is 16.3. The van der Waals surface area contributed by atoms with Crippen LogP contribution in [-0.2, 0) is 25.7 Å². The van der Waals surface area contributed by atoms with Gasteiger partial charge in [0.2, 0.25) is 0 Å². The highest BCUT2D eigenvalue weighted by molar-refractivity contribution is 5.58. The van der Waals surface area contributed by atoms with Crippen LogP contribution in [-0.4, -0.2) is 20.4 Å². The quantitative estimate of drug-likeness (QED) is 0.135. The second kappa shape index (κ2) is 14.7. The van der Waals surface area contributed by atoms with Crippen LogP contribution in [0, 0.1) is 0 Å². The van der Waals surface area contributed by atoms with Crippen LogP contribution >= 0.6 is 0 Å². The lowest BCUT2D eigenvalue weighted by atomic mass is 9.84. The first kappa shape index (κ1) is 35.4. The van der Waals surface area contributed by atoms with Crippen molar-refractivity contribution in [1.29, 1.82) is 0 Å². The van der Waals surface area contributed by atoms with Gasteiger partial charge in [-0.25, -0.2) is 0 Å². The van der Waals surface area contributed by atoms with E-state index in [2.05, 4.69) is 104 Å². The Morgan fingerprint density at radius 2 is 0.500 bits per heavy atom. The van der Waals surface area contributed by atoms with E-state index in [0.717, 1.165) is 92.4 Å². The normalized spacial score (nSPS) is 15.5. The monoisotopic (exact) mass is 648 g/mol. The molecule has 4 atom stereocenters. The minimum absolute atomic E-state index is 0.222. The number of phenolic OH excluding ortho intramolecular Hbond substituents is 4. The van der Waals surface area contributed by atoms with Crippen molar-refractivity contribution in [2.45, 2.75) is 130 Å². The van der Waals surface area contributed by atoms with Crippen molar-refractivity contribution in [3.8, 4) is 23.0 Å². The van der Waals surface area contributed by atoms with Crippen molar-refractivity contribution in [1.82, 2.24) is 0 Å². The van der Waals surface area contributed by atoms with Crippen molar-refractivity contribution in [3.05, 3.63) is 115 Å². The van der Waals surface area contributed by atoms with E-state index in [4.69, 9.17) is 0 Å². The molecule has 0 unspecified atom stereocenters. The van der Waals surface area contributed by atoms with Crippen LogP contribution in [0.1, 0.15) is 172 Å². The summed E-state index contributed by atoms with van der Waals surface area (Å²) >= 11 is 0. The molecule has 1 aliphatic rings. The average molecular weight is 649 g/mol. The zero-order valence-corrected chi connectivity index (χ0v) is 30.4. The summed E-state index contributed by atoms with van der Waals surface area (Å²) in [7, 11) is 0. The van der Waals surface area contributed by atoms with E-state index < -0.39 is 0 Å². The van der Waals surface area contributed by atoms with Gasteiger partial charge in [-0.15, -0.1) is 0 Å². The fourth-order valence-corrected chi connectivity index (χ4v) is 7.13. The predicted octanol–water partition coefficient (Wildman–Crippen LogP) is 11.2. The van der Waals surface area contributed by atoms with E-state index in [9.17, 15) is 20.4 Å². The largest absolute Gasteiger partial charge is 0.507 e. The van der Waals surface area contributed by atoms with Crippen LogP contribution in [0.4, 0.5) is 0 Å². The van der Waals surface area contributed by atoms with Gasteiger partial charge >= 0.3 is 0 Å². The van der Waals surface area contributed by atoms with Gasteiger partial charge in [-0.1, -0.05) is 104 Å². The molecule has 0 radical (unpaired) electrons. The van der Waals surface area contributed by atoms with Crippen LogP contribution in [0.15, 0.2) is 48.5 Å². The summed E-state index contributed by atoms with van der Waals surface area (Å²) in [6, 6.07) is 16.8.